The van der Waals surface area contributed by atoms with E-state index in [9.17, 15) is 13.2 Å². The normalized spacial score (nSPS) is 17.7. The molecule has 2 nitrogen and oxygen atoms in total. The van der Waals surface area contributed by atoms with Crippen molar-refractivity contribution in [2.24, 2.45) is 0 Å². The molecule has 112 valence electrons. The van der Waals surface area contributed by atoms with E-state index < -0.39 is 11.7 Å². The summed E-state index contributed by atoms with van der Waals surface area (Å²) in [5, 5.41) is 3.21. The van der Waals surface area contributed by atoms with Crippen LogP contribution in [0.2, 0.25) is 0 Å². The van der Waals surface area contributed by atoms with Crippen LogP contribution in [-0.2, 0) is 12.7 Å². The van der Waals surface area contributed by atoms with Crippen molar-refractivity contribution in [1.82, 2.24) is 10.2 Å². The van der Waals surface area contributed by atoms with Gasteiger partial charge in [-0.3, -0.25) is 4.90 Å². The number of benzene rings is 1. The minimum atomic E-state index is -4.28. The number of piperazine rings is 1. The molecule has 0 saturated carbocycles. The lowest BCUT2D eigenvalue weighted by atomic mass is 9.96. The number of nitrogens with zero attached hydrogens (tertiary/aromatic N) is 1. The summed E-state index contributed by atoms with van der Waals surface area (Å²) >= 11 is 0. The number of nitrogens with one attached hydrogen (secondary N) is 1. The van der Waals surface area contributed by atoms with Crippen molar-refractivity contribution in [3.63, 3.8) is 0 Å². The predicted octanol–water partition coefficient (Wildman–Crippen LogP) is 3.23. The van der Waals surface area contributed by atoms with Crippen LogP contribution in [0.5, 0.6) is 0 Å². The molecule has 0 spiro atoms. The molecule has 0 unspecified atom stereocenters. The van der Waals surface area contributed by atoms with E-state index in [-0.39, 0.29) is 5.92 Å². The fourth-order valence-electron chi connectivity index (χ4n) is 2.47. The zero-order valence-electron chi connectivity index (χ0n) is 11.9. The molecule has 0 amide bonds. The fraction of sp³-hybridized carbons (Fsp3) is 0.600. The predicted molar refractivity (Wildman–Crippen MR) is 73.7 cm³/mol. The Bertz CT molecular complexity index is 449. The smallest absolute Gasteiger partial charge is 0.314 e. The van der Waals surface area contributed by atoms with E-state index in [0.29, 0.717) is 12.1 Å². The van der Waals surface area contributed by atoms with Gasteiger partial charge in [-0.25, -0.2) is 0 Å². The molecule has 2 rings (SSSR count). The summed E-state index contributed by atoms with van der Waals surface area (Å²) in [6, 6.07) is 4.76. The SMILES string of the molecule is CC(C)c1ccc(CN2CCNCC2)c(C(F)(F)F)c1. The molecular formula is C15H21F3N2. The number of hydrogen-bond donors (Lipinski definition) is 1. The monoisotopic (exact) mass is 286 g/mol. The molecule has 1 heterocycles. The van der Waals surface area contributed by atoms with Gasteiger partial charge in [-0.15, -0.1) is 0 Å². The van der Waals surface area contributed by atoms with Crippen LogP contribution >= 0.6 is 0 Å². The number of halogens is 3. The van der Waals surface area contributed by atoms with Gasteiger partial charge in [-0.05, 0) is 23.1 Å². The Morgan fingerprint density at radius 3 is 2.40 bits per heavy atom. The molecule has 20 heavy (non-hydrogen) atoms. The molecule has 0 aromatic heterocycles. The van der Waals surface area contributed by atoms with E-state index in [1.165, 1.54) is 6.07 Å². The molecule has 0 aliphatic carbocycles. The van der Waals surface area contributed by atoms with Gasteiger partial charge in [0.25, 0.3) is 0 Å². The first kappa shape index (κ1) is 15.3. The molecular weight excluding hydrogens is 265 g/mol. The van der Waals surface area contributed by atoms with Crippen LogP contribution in [0, 0.1) is 0 Å². The minimum absolute atomic E-state index is 0.101. The van der Waals surface area contributed by atoms with E-state index in [1.807, 2.05) is 19.9 Å². The second-order valence-corrected chi connectivity index (χ2v) is 5.60. The maximum Gasteiger partial charge on any atom is 0.416 e. The summed E-state index contributed by atoms with van der Waals surface area (Å²) < 4.78 is 39.6. The topological polar surface area (TPSA) is 15.3 Å². The van der Waals surface area contributed by atoms with Crippen molar-refractivity contribution >= 4 is 0 Å². The minimum Gasteiger partial charge on any atom is -0.314 e. The Morgan fingerprint density at radius 2 is 1.85 bits per heavy atom. The molecule has 1 saturated heterocycles. The third-order valence-corrected chi connectivity index (χ3v) is 3.71. The highest BCUT2D eigenvalue weighted by Crippen LogP contribution is 2.34. The fourth-order valence-corrected chi connectivity index (χ4v) is 2.47. The van der Waals surface area contributed by atoms with Crippen molar-refractivity contribution in [3.8, 4) is 0 Å². The van der Waals surface area contributed by atoms with Crippen LogP contribution in [-0.4, -0.2) is 31.1 Å². The molecule has 0 radical (unpaired) electrons. The highest BCUT2D eigenvalue weighted by atomic mass is 19.4. The van der Waals surface area contributed by atoms with Crippen LogP contribution < -0.4 is 5.32 Å². The largest absolute Gasteiger partial charge is 0.416 e. The first-order chi connectivity index (χ1) is 9.38. The molecule has 0 atom stereocenters. The molecule has 1 aromatic rings. The molecule has 5 heteroatoms. The standard InChI is InChI=1S/C15H21F3N2/c1-11(2)12-3-4-13(14(9-12)15(16,17)18)10-20-7-5-19-6-8-20/h3-4,9,11,19H,5-8,10H2,1-2H3. The Balaban J connectivity index is 2.26. The molecule has 1 N–H and O–H groups in total. The van der Waals surface area contributed by atoms with Gasteiger partial charge < -0.3 is 5.32 Å². The van der Waals surface area contributed by atoms with Crippen molar-refractivity contribution in [2.75, 3.05) is 26.2 Å². The second-order valence-electron chi connectivity index (χ2n) is 5.60. The van der Waals surface area contributed by atoms with Crippen LogP contribution in [0.1, 0.15) is 36.5 Å². The third-order valence-electron chi connectivity index (χ3n) is 3.71. The summed E-state index contributed by atoms with van der Waals surface area (Å²) in [6.45, 7) is 7.45. The van der Waals surface area contributed by atoms with Crippen molar-refractivity contribution in [2.45, 2.75) is 32.5 Å². The van der Waals surface area contributed by atoms with E-state index >= 15 is 0 Å². The zero-order chi connectivity index (χ0) is 14.8. The van der Waals surface area contributed by atoms with Gasteiger partial charge in [0, 0.05) is 32.7 Å². The molecule has 0 bridgehead atoms. The Kier molecular flexibility index (Phi) is 4.70. The van der Waals surface area contributed by atoms with Crippen molar-refractivity contribution in [3.05, 3.63) is 34.9 Å². The van der Waals surface area contributed by atoms with Crippen molar-refractivity contribution in [1.29, 1.82) is 0 Å². The quantitative estimate of drug-likeness (QED) is 0.917. The molecule has 1 aliphatic rings. The molecule has 1 fully saturated rings. The van der Waals surface area contributed by atoms with E-state index in [4.69, 9.17) is 0 Å². The van der Waals surface area contributed by atoms with Crippen LogP contribution in [0.4, 0.5) is 13.2 Å². The molecule has 1 aliphatic heterocycles. The lowest BCUT2D eigenvalue weighted by Crippen LogP contribution is -2.43. The van der Waals surface area contributed by atoms with Crippen LogP contribution in [0.15, 0.2) is 18.2 Å². The highest BCUT2D eigenvalue weighted by molar-refractivity contribution is 5.35. The van der Waals surface area contributed by atoms with Gasteiger partial charge in [0.15, 0.2) is 0 Å². The average molecular weight is 286 g/mol. The van der Waals surface area contributed by atoms with E-state index in [2.05, 4.69) is 10.2 Å². The number of alkyl halides is 3. The first-order valence-electron chi connectivity index (χ1n) is 7.01. The van der Waals surface area contributed by atoms with E-state index in [0.717, 1.165) is 31.7 Å². The number of rotatable bonds is 3. The van der Waals surface area contributed by atoms with Gasteiger partial charge in [0.1, 0.15) is 0 Å². The first-order valence-corrected chi connectivity index (χ1v) is 7.01. The van der Waals surface area contributed by atoms with Gasteiger partial charge in [0.05, 0.1) is 5.56 Å². The lowest BCUT2D eigenvalue weighted by molar-refractivity contribution is -0.138. The molecule has 1 aromatic carbocycles. The van der Waals surface area contributed by atoms with Gasteiger partial charge in [-0.1, -0.05) is 26.0 Å². The highest BCUT2D eigenvalue weighted by Gasteiger charge is 2.34. The van der Waals surface area contributed by atoms with Gasteiger partial charge in [-0.2, -0.15) is 13.2 Å². The maximum absolute atomic E-state index is 13.2. The zero-order valence-corrected chi connectivity index (χ0v) is 11.9. The second kappa shape index (κ2) is 6.14. The third kappa shape index (κ3) is 3.73. The maximum atomic E-state index is 13.2. The summed E-state index contributed by atoms with van der Waals surface area (Å²) in [7, 11) is 0. The summed E-state index contributed by atoms with van der Waals surface area (Å²) in [4.78, 5) is 2.07. The van der Waals surface area contributed by atoms with Gasteiger partial charge in [0.2, 0.25) is 0 Å². The lowest BCUT2D eigenvalue weighted by Gasteiger charge is -2.28. The summed E-state index contributed by atoms with van der Waals surface area (Å²) in [5.74, 6) is 0.101. The van der Waals surface area contributed by atoms with Crippen LogP contribution in [0.3, 0.4) is 0 Å². The Labute approximate surface area is 118 Å². The van der Waals surface area contributed by atoms with Gasteiger partial charge >= 0.3 is 6.18 Å². The van der Waals surface area contributed by atoms with Crippen molar-refractivity contribution < 1.29 is 13.2 Å². The summed E-state index contributed by atoms with van der Waals surface area (Å²) in [6.07, 6.45) is -4.28. The Morgan fingerprint density at radius 1 is 1.20 bits per heavy atom. The Hall–Kier alpha value is -1.07. The summed E-state index contributed by atoms with van der Waals surface area (Å²) in [5.41, 5.74) is 0.632. The van der Waals surface area contributed by atoms with Crippen LogP contribution in [0.25, 0.3) is 0 Å². The number of hydrogen-bond acceptors (Lipinski definition) is 2. The average Bonchev–Trinajstić information content (AvgIpc) is 2.39. The van der Waals surface area contributed by atoms with E-state index in [1.54, 1.807) is 6.07 Å².